The standard InChI is InChI=1S/C25H33N3O2/c1-25(2,3)20-12-9-19(10-13-20)11-14-23(29)26-22-15-17-28(18-16-22)24(30)27-21-7-5-4-6-8-21/h4-10,12-13,22H,11,14-18H2,1-3H3,(H,26,29)(H,27,30). The SMILES string of the molecule is CC(C)(C)c1ccc(CCC(=O)NC2CCN(C(=O)Nc3ccccc3)CC2)cc1. The molecule has 0 bridgehead atoms. The Labute approximate surface area is 179 Å². The van der Waals surface area contributed by atoms with Gasteiger partial charge in [-0.15, -0.1) is 0 Å². The fourth-order valence-electron chi connectivity index (χ4n) is 3.68. The molecule has 5 nitrogen and oxygen atoms in total. The van der Waals surface area contributed by atoms with E-state index < -0.39 is 0 Å². The highest BCUT2D eigenvalue weighted by atomic mass is 16.2. The number of likely N-dealkylation sites (tertiary alicyclic amines) is 1. The van der Waals surface area contributed by atoms with Crippen LogP contribution in [0, 0.1) is 0 Å². The molecule has 1 aliphatic rings. The lowest BCUT2D eigenvalue weighted by atomic mass is 9.86. The van der Waals surface area contributed by atoms with Gasteiger partial charge in [-0.25, -0.2) is 4.79 Å². The Morgan fingerprint density at radius 1 is 0.967 bits per heavy atom. The Hall–Kier alpha value is -2.82. The maximum atomic E-state index is 12.4. The van der Waals surface area contributed by atoms with Crippen LogP contribution < -0.4 is 10.6 Å². The van der Waals surface area contributed by atoms with E-state index in [1.165, 1.54) is 11.1 Å². The number of carbonyl (C=O) groups excluding carboxylic acids is 2. The molecule has 3 amide bonds. The van der Waals surface area contributed by atoms with Gasteiger partial charge in [-0.1, -0.05) is 63.2 Å². The summed E-state index contributed by atoms with van der Waals surface area (Å²) in [6.45, 7) is 7.90. The topological polar surface area (TPSA) is 61.4 Å². The summed E-state index contributed by atoms with van der Waals surface area (Å²) in [6, 6.07) is 18.1. The first-order valence-corrected chi connectivity index (χ1v) is 10.8. The van der Waals surface area contributed by atoms with Gasteiger partial charge in [0.15, 0.2) is 0 Å². The Bertz CT molecular complexity index is 833. The summed E-state index contributed by atoms with van der Waals surface area (Å²) in [5, 5.41) is 6.06. The number of nitrogens with one attached hydrogen (secondary N) is 2. The molecule has 2 N–H and O–H groups in total. The van der Waals surface area contributed by atoms with Crippen LogP contribution >= 0.6 is 0 Å². The number of carbonyl (C=O) groups is 2. The molecule has 1 saturated heterocycles. The minimum atomic E-state index is -0.0790. The molecule has 5 heteroatoms. The van der Waals surface area contributed by atoms with Crippen molar-refractivity contribution in [2.75, 3.05) is 18.4 Å². The molecule has 30 heavy (non-hydrogen) atoms. The summed E-state index contributed by atoms with van der Waals surface area (Å²) in [7, 11) is 0. The molecule has 0 atom stereocenters. The van der Waals surface area contributed by atoms with Crippen molar-refractivity contribution in [3.63, 3.8) is 0 Å². The number of hydrogen-bond donors (Lipinski definition) is 2. The number of para-hydroxylation sites is 1. The maximum absolute atomic E-state index is 12.4. The number of anilines is 1. The molecule has 0 radical (unpaired) electrons. The first-order chi connectivity index (χ1) is 14.3. The van der Waals surface area contributed by atoms with Crippen molar-refractivity contribution in [2.45, 2.75) is 57.9 Å². The predicted molar refractivity (Wildman–Crippen MR) is 122 cm³/mol. The van der Waals surface area contributed by atoms with Crippen molar-refractivity contribution < 1.29 is 9.59 Å². The molecule has 3 rings (SSSR count). The maximum Gasteiger partial charge on any atom is 0.321 e. The third kappa shape index (κ3) is 6.34. The lowest BCUT2D eigenvalue weighted by Crippen LogP contribution is -2.47. The van der Waals surface area contributed by atoms with Crippen molar-refractivity contribution in [3.8, 4) is 0 Å². The largest absolute Gasteiger partial charge is 0.353 e. The van der Waals surface area contributed by atoms with E-state index in [0.717, 1.165) is 24.9 Å². The first kappa shape index (κ1) is 21.9. The molecule has 1 fully saturated rings. The molecule has 2 aromatic rings. The molecule has 0 saturated carbocycles. The van der Waals surface area contributed by atoms with Crippen molar-refractivity contribution in [2.24, 2.45) is 0 Å². The van der Waals surface area contributed by atoms with Crippen LogP contribution in [-0.4, -0.2) is 36.0 Å². The highest BCUT2D eigenvalue weighted by molar-refractivity contribution is 5.89. The third-order valence-electron chi connectivity index (χ3n) is 5.63. The van der Waals surface area contributed by atoms with E-state index in [-0.39, 0.29) is 23.4 Å². The summed E-state index contributed by atoms with van der Waals surface area (Å²) in [4.78, 5) is 26.5. The zero-order valence-electron chi connectivity index (χ0n) is 18.3. The van der Waals surface area contributed by atoms with Gasteiger partial charge < -0.3 is 15.5 Å². The summed E-state index contributed by atoms with van der Waals surface area (Å²) >= 11 is 0. The van der Waals surface area contributed by atoms with Crippen LogP contribution in [0.15, 0.2) is 54.6 Å². The number of nitrogens with zero attached hydrogens (tertiary/aromatic N) is 1. The second-order valence-electron chi connectivity index (χ2n) is 9.07. The van der Waals surface area contributed by atoms with Crippen LogP contribution in [0.5, 0.6) is 0 Å². The van der Waals surface area contributed by atoms with E-state index in [0.29, 0.717) is 19.5 Å². The summed E-state index contributed by atoms with van der Waals surface area (Å²) < 4.78 is 0. The van der Waals surface area contributed by atoms with Crippen molar-refractivity contribution in [1.29, 1.82) is 0 Å². The molecule has 0 aliphatic carbocycles. The summed E-state index contributed by atoms with van der Waals surface area (Å²) in [6.07, 6.45) is 2.81. The molecule has 160 valence electrons. The second-order valence-corrected chi connectivity index (χ2v) is 9.07. The van der Waals surface area contributed by atoms with Crippen LogP contribution in [0.1, 0.15) is 51.2 Å². The van der Waals surface area contributed by atoms with Gasteiger partial charge in [-0.3, -0.25) is 4.79 Å². The molecular weight excluding hydrogens is 374 g/mol. The third-order valence-corrected chi connectivity index (χ3v) is 5.63. The molecule has 0 unspecified atom stereocenters. The zero-order valence-corrected chi connectivity index (χ0v) is 18.3. The van der Waals surface area contributed by atoms with Crippen LogP contribution in [0.3, 0.4) is 0 Å². The van der Waals surface area contributed by atoms with Crippen LogP contribution in [-0.2, 0) is 16.6 Å². The fourth-order valence-corrected chi connectivity index (χ4v) is 3.68. The number of urea groups is 1. The predicted octanol–water partition coefficient (Wildman–Crippen LogP) is 4.73. The van der Waals surface area contributed by atoms with Gasteiger partial charge in [-0.05, 0) is 47.9 Å². The van der Waals surface area contributed by atoms with Crippen LogP contribution in [0.2, 0.25) is 0 Å². The van der Waals surface area contributed by atoms with Gasteiger partial charge in [0.05, 0.1) is 0 Å². The first-order valence-electron chi connectivity index (χ1n) is 10.8. The number of benzene rings is 2. The average molecular weight is 408 g/mol. The highest BCUT2D eigenvalue weighted by Gasteiger charge is 2.23. The number of piperidine rings is 1. The summed E-state index contributed by atoms with van der Waals surface area (Å²) in [5.74, 6) is 0.0853. The lowest BCUT2D eigenvalue weighted by molar-refractivity contribution is -0.122. The highest BCUT2D eigenvalue weighted by Crippen LogP contribution is 2.22. The van der Waals surface area contributed by atoms with E-state index in [1.54, 1.807) is 0 Å². The van der Waals surface area contributed by atoms with Gasteiger partial charge in [0.1, 0.15) is 0 Å². The molecule has 1 aliphatic heterocycles. The smallest absolute Gasteiger partial charge is 0.321 e. The van der Waals surface area contributed by atoms with E-state index in [4.69, 9.17) is 0 Å². The Kier molecular flexibility index (Phi) is 7.14. The summed E-state index contributed by atoms with van der Waals surface area (Å²) in [5.41, 5.74) is 3.43. The number of aryl methyl sites for hydroxylation is 1. The van der Waals surface area contributed by atoms with Crippen molar-refractivity contribution in [1.82, 2.24) is 10.2 Å². The monoisotopic (exact) mass is 407 g/mol. The normalized spacial score (nSPS) is 15.0. The van der Waals surface area contributed by atoms with Gasteiger partial charge >= 0.3 is 6.03 Å². The Balaban J connectivity index is 1.38. The minimum Gasteiger partial charge on any atom is -0.353 e. The van der Waals surface area contributed by atoms with Crippen molar-refractivity contribution in [3.05, 3.63) is 65.7 Å². The number of hydrogen-bond acceptors (Lipinski definition) is 2. The fraction of sp³-hybridized carbons (Fsp3) is 0.440. The lowest BCUT2D eigenvalue weighted by Gasteiger charge is -2.32. The van der Waals surface area contributed by atoms with E-state index in [2.05, 4.69) is 55.7 Å². The molecule has 0 spiro atoms. The van der Waals surface area contributed by atoms with Gasteiger partial charge in [0.25, 0.3) is 0 Å². The van der Waals surface area contributed by atoms with Crippen molar-refractivity contribution >= 4 is 17.6 Å². The average Bonchev–Trinajstić information content (AvgIpc) is 2.73. The van der Waals surface area contributed by atoms with Gasteiger partial charge in [0, 0.05) is 31.2 Å². The molecule has 1 heterocycles. The molecular formula is C25H33N3O2. The van der Waals surface area contributed by atoms with Crippen LogP contribution in [0.25, 0.3) is 0 Å². The van der Waals surface area contributed by atoms with Crippen LogP contribution in [0.4, 0.5) is 10.5 Å². The van der Waals surface area contributed by atoms with Gasteiger partial charge in [0.2, 0.25) is 5.91 Å². The van der Waals surface area contributed by atoms with Gasteiger partial charge in [-0.2, -0.15) is 0 Å². The zero-order chi connectivity index (χ0) is 21.6. The molecule has 0 aromatic heterocycles. The number of amides is 3. The quantitative estimate of drug-likeness (QED) is 0.753. The van der Waals surface area contributed by atoms with E-state index >= 15 is 0 Å². The van der Waals surface area contributed by atoms with E-state index in [9.17, 15) is 9.59 Å². The Morgan fingerprint density at radius 2 is 1.60 bits per heavy atom. The second kappa shape index (κ2) is 9.79. The molecule has 2 aromatic carbocycles. The minimum absolute atomic E-state index is 0.0790. The van der Waals surface area contributed by atoms with E-state index in [1.807, 2.05) is 35.2 Å². The number of rotatable bonds is 5. The Morgan fingerprint density at radius 3 is 2.20 bits per heavy atom.